The lowest BCUT2D eigenvalue weighted by Gasteiger charge is -2.46. The van der Waals surface area contributed by atoms with Gasteiger partial charge in [-0.05, 0) is 88.1 Å². The van der Waals surface area contributed by atoms with E-state index in [9.17, 15) is 8.42 Å². The summed E-state index contributed by atoms with van der Waals surface area (Å²) >= 11 is 0. The number of fused-ring (bicyclic) bond motifs is 1. The lowest BCUT2D eigenvalue weighted by molar-refractivity contribution is 0.0384. The fraction of sp³-hybridized carbons (Fsp3) is 0.722. The van der Waals surface area contributed by atoms with Crippen molar-refractivity contribution in [2.75, 3.05) is 77.5 Å². The number of halogens is 1. The normalized spacial score (nSPS) is 17.6. The second-order valence-electron chi connectivity index (χ2n) is 19.5. The molecule has 0 spiro atoms. The summed E-state index contributed by atoms with van der Waals surface area (Å²) in [6.07, 6.45) is 32.4. The Hall–Kier alpha value is -2.99. The van der Waals surface area contributed by atoms with E-state index < -0.39 is 15.7 Å². The zero-order chi connectivity index (χ0) is 45.7. The first-order valence-electron chi connectivity index (χ1n) is 26.4. The van der Waals surface area contributed by atoms with Crippen molar-refractivity contribution >= 4 is 26.4 Å². The van der Waals surface area contributed by atoms with E-state index in [2.05, 4.69) is 38.4 Å². The van der Waals surface area contributed by atoms with Crippen LogP contribution in [0.4, 0.5) is 10.1 Å². The Morgan fingerprint density at radius 2 is 1.14 bits per heavy atom. The summed E-state index contributed by atoms with van der Waals surface area (Å²) < 4.78 is 56.0. The molecule has 364 valence electrons. The van der Waals surface area contributed by atoms with Crippen molar-refractivity contribution in [1.29, 1.82) is 0 Å². The number of piperidine rings is 2. The van der Waals surface area contributed by atoms with Gasteiger partial charge in [-0.3, -0.25) is 14.8 Å². The maximum absolute atomic E-state index is 15.6. The number of anilines is 1. The van der Waals surface area contributed by atoms with E-state index >= 15 is 4.39 Å². The summed E-state index contributed by atoms with van der Waals surface area (Å²) in [7, 11) is -2.53. The van der Waals surface area contributed by atoms with E-state index in [0.717, 1.165) is 89.4 Å². The Morgan fingerprint density at radius 3 is 1.63 bits per heavy atom. The number of rotatable bonds is 29. The average molecular weight is 920 g/mol. The predicted octanol–water partition coefficient (Wildman–Crippen LogP) is 12.5. The standard InChI is InChI=1S/C54H86FN5O4S/c1-4-6-7-8-9-10-11-12-13-14-15-16-17-18-19-20-21-22-23-24-41-64-52-28-26-48(43-50(52)55)65(61,62)53-44-56-51-27-25-47(63-3)42-49(51)54(53)60-35-31-46(32-36-60)59-39-37-58(38-40-59)45-29-33-57(5-2)34-30-45/h25-28,42-46H,4-24,29-41H2,1-3H3. The lowest BCUT2D eigenvalue weighted by Crippen LogP contribution is -2.56. The van der Waals surface area contributed by atoms with Crippen molar-refractivity contribution in [2.45, 2.75) is 190 Å². The quantitative estimate of drug-likeness (QED) is 0.0633. The molecule has 0 saturated carbocycles. The third-order valence-corrected chi connectivity index (χ3v) is 16.7. The zero-order valence-corrected chi connectivity index (χ0v) is 41.7. The summed E-state index contributed by atoms with van der Waals surface area (Å²) in [6, 6.07) is 10.8. The van der Waals surface area contributed by atoms with Crippen LogP contribution in [0.2, 0.25) is 0 Å². The van der Waals surface area contributed by atoms with Gasteiger partial charge in [0, 0.05) is 62.9 Å². The predicted molar refractivity (Wildman–Crippen MR) is 267 cm³/mol. The van der Waals surface area contributed by atoms with Gasteiger partial charge in [-0.15, -0.1) is 0 Å². The van der Waals surface area contributed by atoms with Crippen LogP contribution in [-0.4, -0.2) is 113 Å². The Kier molecular flexibility index (Phi) is 21.9. The smallest absolute Gasteiger partial charge is 0.210 e. The first-order chi connectivity index (χ1) is 31.8. The fourth-order valence-electron chi connectivity index (χ4n) is 10.7. The molecule has 0 amide bonds. The minimum Gasteiger partial charge on any atom is -0.497 e. The number of methoxy groups -OCH3 is 1. The molecule has 11 heteroatoms. The summed E-state index contributed by atoms with van der Waals surface area (Å²) in [6.45, 7) is 14.4. The van der Waals surface area contributed by atoms with Gasteiger partial charge >= 0.3 is 0 Å². The summed E-state index contributed by atoms with van der Waals surface area (Å²) in [4.78, 5) is 14.8. The van der Waals surface area contributed by atoms with Crippen LogP contribution in [0.3, 0.4) is 0 Å². The van der Waals surface area contributed by atoms with E-state index in [1.54, 1.807) is 7.11 Å². The highest BCUT2D eigenvalue weighted by molar-refractivity contribution is 7.91. The van der Waals surface area contributed by atoms with Gasteiger partial charge < -0.3 is 19.3 Å². The number of unbranched alkanes of at least 4 members (excludes halogenated alkanes) is 19. The zero-order valence-electron chi connectivity index (χ0n) is 40.9. The van der Waals surface area contributed by atoms with Gasteiger partial charge in [-0.2, -0.15) is 0 Å². The summed E-state index contributed by atoms with van der Waals surface area (Å²) in [5.74, 6) is 0.0627. The van der Waals surface area contributed by atoms with Gasteiger partial charge in [0.25, 0.3) is 0 Å². The molecule has 6 rings (SSSR count). The first kappa shape index (κ1) is 51.4. The van der Waals surface area contributed by atoms with Crippen LogP contribution in [0, 0.1) is 5.82 Å². The van der Waals surface area contributed by atoms with Crippen molar-refractivity contribution < 1.29 is 22.3 Å². The number of pyridine rings is 1. The van der Waals surface area contributed by atoms with Crippen LogP contribution >= 0.6 is 0 Å². The number of hydrogen-bond donors (Lipinski definition) is 0. The molecule has 0 N–H and O–H groups in total. The molecule has 0 aliphatic carbocycles. The molecule has 2 aromatic carbocycles. The molecule has 0 radical (unpaired) electrons. The molecular formula is C54H86FN5O4S. The van der Waals surface area contributed by atoms with Gasteiger partial charge in [0.05, 0.1) is 29.8 Å². The minimum absolute atomic E-state index is 0.0909. The van der Waals surface area contributed by atoms with E-state index in [1.165, 1.54) is 153 Å². The van der Waals surface area contributed by atoms with Crippen LogP contribution in [0.1, 0.15) is 168 Å². The van der Waals surface area contributed by atoms with Crippen molar-refractivity contribution in [3.8, 4) is 11.5 Å². The largest absolute Gasteiger partial charge is 0.497 e. The number of hydrogen-bond acceptors (Lipinski definition) is 9. The topological polar surface area (TPSA) is 78.4 Å². The molecule has 3 saturated heterocycles. The van der Waals surface area contributed by atoms with Crippen molar-refractivity contribution in [2.24, 2.45) is 0 Å². The Bertz CT molecular complexity index is 1930. The van der Waals surface area contributed by atoms with Crippen LogP contribution in [0.25, 0.3) is 10.9 Å². The summed E-state index contributed by atoms with van der Waals surface area (Å²) in [5.41, 5.74) is 1.32. The highest BCUT2D eigenvalue weighted by atomic mass is 32.2. The second-order valence-corrected chi connectivity index (χ2v) is 21.4. The minimum atomic E-state index is -4.14. The van der Waals surface area contributed by atoms with Gasteiger partial charge in [0.1, 0.15) is 10.6 Å². The molecule has 4 heterocycles. The molecule has 3 aromatic rings. The lowest BCUT2D eigenvalue weighted by atomic mass is 9.99. The number of nitrogens with zero attached hydrogens (tertiary/aromatic N) is 5. The highest BCUT2D eigenvalue weighted by Crippen LogP contribution is 2.39. The molecule has 9 nitrogen and oxygen atoms in total. The third kappa shape index (κ3) is 15.5. The monoisotopic (exact) mass is 920 g/mol. The third-order valence-electron chi connectivity index (χ3n) is 14.9. The number of aromatic nitrogens is 1. The molecule has 1 aromatic heterocycles. The van der Waals surface area contributed by atoms with Crippen LogP contribution in [0.15, 0.2) is 52.4 Å². The summed E-state index contributed by atoms with van der Waals surface area (Å²) in [5, 5.41) is 0.724. The fourth-order valence-corrected chi connectivity index (χ4v) is 12.2. The van der Waals surface area contributed by atoms with Crippen molar-refractivity contribution in [3.63, 3.8) is 0 Å². The average Bonchev–Trinajstić information content (AvgIpc) is 3.34. The number of piperazine rings is 1. The molecule has 0 atom stereocenters. The molecule has 3 aliphatic rings. The van der Waals surface area contributed by atoms with Gasteiger partial charge in [-0.25, -0.2) is 12.8 Å². The van der Waals surface area contributed by atoms with E-state index in [1.807, 2.05) is 18.2 Å². The highest BCUT2D eigenvalue weighted by Gasteiger charge is 2.34. The molecule has 0 bridgehead atoms. The van der Waals surface area contributed by atoms with Gasteiger partial charge in [0.2, 0.25) is 9.84 Å². The Balaban J connectivity index is 0.924. The van der Waals surface area contributed by atoms with Crippen LogP contribution < -0.4 is 14.4 Å². The number of ether oxygens (including phenoxy) is 2. The molecule has 3 fully saturated rings. The van der Waals surface area contributed by atoms with Gasteiger partial charge in [0.15, 0.2) is 11.6 Å². The van der Waals surface area contributed by atoms with Crippen molar-refractivity contribution in [1.82, 2.24) is 19.7 Å². The van der Waals surface area contributed by atoms with Gasteiger partial charge in [-0.1, -0.05) is 136 Å². The Morgan fingerprint density at radius 1 is 0.631 bits per heavy atom. The SMILES string of the molecule is CCCCCCCCCCCCCCCCCCCCCCOc1ccc(S(=O)(=O)c2cnc3ccc(OC)cc3c2N2CCC(N3CCN(C4CCN(CC)CC4)CC3)CC2)cc1F. The first-order valence-corrected chi connectivity index (χ1v) is 27.9. The number of likely N-dealkylation sites (tertiary alicyclic amines) is 1. The molecule has 0 unspecified atom stereocenters. The van der Waals surface area contributed by atoms with Crippen LogP contribution in [0.5, 0.6) is 11.5 Å². The van der Waals surface area contributed by atoms with E-state index in [4.69, 9.17) is 9.47 Å². The van der Waals surface area contributed by atoms with E-state index in [-0.39, 0.29) is 15.5 Å². The molecule has 3 aliphatic heterocycles. The number of sulfone groups is 1. The molecular weight excluding hydrogens is 834 g/mol. The Labute approximate surface area is 394 Å². The maximum atomic E-state index is 15.6. The second kappa shape index (κ2) is 27.7. The van der Waals surface area contributed by atoms with Crippen molar-refractivity contribution in [3.05, 3.63) is 48.4 Å². The molecule has 65 heavy (non-hydrogen) atoms. The maximum Gasteiger partial charge on any atom is 0.210 e. The van der Waals surface area contributed by atoms with E-state index in [0.29, 0.717) is 35.6 Å². The number of benzene rings is 2. The van der Waals surface area contributed by atoms with Crippen LogP contribution in [-0.2, 0) is 9.84 Å².